The van der Waals surface area contributed by atoms with Crippen molar-refractivity contribution in [2.75, 3.05) is 0 Å². The molecule has 0 aromatic carbocycles. The van der Waals surface area contributed by atoms with E-state index in [2.05, 4.69) is 24.5 Å². The molecule has 6 heteroatoms. The number of pyridine rings is 1. The molecule has 0 fully saturated rings. The van der Waals surface area contributed by atoms with Gasteiger partial charge in [0.1, 0.15) is 5.69 Å². The average Bonchev–Trinajstić information content (AvgIpc) is 3.15. The summed E-state index contributed by atoms with van der Waals surface area (Å²) in [5.41, 5.74) is 3.77. The van der Waals surface area contributed by atoms with Crippen LogP contribution in [0.4, 0.5) is 0 Å². The highest BCUT2D eigenvalue weighted by molar-refractivity contribution is 5.50. The fraction of sp³-hybridized carbons (Fsp3) is 0.125. The maximum absolute atomic E-state index is 4.55. The highest BCUT2D eigenvalue weighted by Gasteiger charge is 2.10. The van der Waals surface area contributed by atoms with E-state index in [4.69, 9.17) is 0 Å². The van der Waals surface area contributed by atoms with E-state index in [9.17, 15) is 0 Å². The molecule has 4 aromatic heterocycles. The van der Waals surface area contributed by atoms with Crippen LogP contribution in [0.25, 0.3) is 17.2 Å². The number of aromatic nitrogens is 6. The van der Waals surface area contributed by atoms with Crippen LogP contribution < -0.4 is 0 Å². The van der Waals surface area contributed by atoms with E-state index < -0.39 is 0 Å². The second-order valence-corrected chi connectivity index (χ2v) is 5.10. The molecule has 4 rings (SSSR count). The predicted octanol–water partition coefficient (Wildman–Crippen LogP) is 2.34. The van der Waals surface area contributed by atoms with E-state index >= 15 is 0 Å². The van der Waals surface area contributed by atoms with Crippen molar-refractivity contribution < 1.29 is 0 Å². The van der Waals surface area contributed by atoms with Crippen molar-refractivity contribution in [2.45, 2.75) is 13.5 Å². The fourth-order valence-corrected chi connectivity index (χ4v) is 2.52. The Morgan fingerprint density at radius 3 is 2.91 bits per heavy atom. The molecule has 0 N–H and O–H groups in total. The Morgan fingerprint density at radius 2 is 2.00 bits per heavy atom. The third-order valence-electron chi connectivity index (χ3n) is 3.56. The van der Waals surface area contributed by atoms with Crippen LogP contribution in [-0.2, 0) is 6.54 Å². The maximum atomic E-state index is 4.55. The van der Waals surface area contributed by atoms with Crippen molar-refractivity contribution in [3.8, 4) is 11.5 Å². The fourth-order valence-electron chi connectivity index (χ4n) is 2.52. The van der Waals surface area contributed by atoms with E-state index in [1.165, 1.54) is 0 Å². The second-order valence-electron chi connectivity index (χ2n) is 5.10. The number of rotatable bonds is 3. The van der Waals surface area contributed by atoms with Crippen LogP contribution in [-0.4, -0.2) is 28.9 Å². The Bertz CT molecular complexity index is 936. The number of nitrogens with zero attached hydrogens (tertiary/aromatic N) is 6. The van der Waals surface area contributed by atoms with E-state index in [0.29, 0.717) is 6.54 Å². The summed E-state index contributed by atoms with van der Waals surface area (Å²) in [7, 11) is 0. The van der Waals surface area contributed by atoms with Gasteiger partial charge in [-0.3, -0.25) is 9.38 Å². The molecule has 0 saturated heterocycles. The SMILES string of the molecule is Cc1cccc(-c2nccn2Cc2cnc3cnccn23)n1. The minimum Gasteiger partial charge on any atom is -0.324 e. The first-order chi connectivity index (χ1) is 10.8. The third-order valence-corrected chi connectivity index (χ3v) is 3.56. The van der Waals surface area contributed by atoms with Crippen LogP contribution in [0.2, 0.25) is 0 Å². The lowest BCUT2D eigenvalue weighted by molar-refractivity contribution is 0.769. The van der Waals surface area contributed by atoms with Crippen molar-refractivity contribution in [2.24, 2.45) is 0 Å². The van der Waals surface area contributed by atoms with Gasteiger partial charge in [-0.1, -0.05) is 6.07 Å². The molecule has 0 aliphatic carbocycles. The summed E-state index contributed by atoms with van der Waals surface area (Å²) in [5.74, 6) is 0.854. The molecule has 108 valence electrons. The molecule has 4 heterocycles. The first-order valence-corrected chi connectivity index (χ1v) is 7.02. The lowest BCUT2D eigenvalue weighted by Crippen LogP contribution is -2.04. The van der Waals surface area contributed by atoms with Gasteiger partial charge in [-0.05, 0) is 19.1 Å². The van der Waals surface area contributed by atoms with E-state index in [1.54, 1.807) is 18.6 Å². The number of aryl methyl sites for hydroxylation is 1. The summed E-state index contributed by atoms with van der Waals surface area (Å²) in [6.07, 6.45) is 11.0. The number of imidazole rings is 2. The highest BCUT2D eigenvalue weighted by atomic mass is 15.1. The Hall–Kier alpha value is -3.02. The van der Waals surface area contributed by atoms with Gasteiger partial charge in [0.2, 0.25) is 0 Å². The van der Waals surface area contributed by atoms with Crippen molar-refractivity contribution >= 4 is 5.65 Å². The van der Waals surface area contributed by atoms with Crippen LogP contribution in [0.3, 0.4) is 0 Å². The van der Waals surface area contributed by atoms with Gasteiger partial charge < -0.3 is 4.57 Å². The monoisotopic (exact) mass is 290 g/mol. The summed E-state index contributed by atoms with van der Waals surface area (Å²) >= 11 is 0. The smallest absolute Gasteiger partial charge is 0.158 e. The van der Waals surface area contributed by atoms with Crippen LogP contribution in [0.15, 0.2) is 55.4 Å². The average molecular weight is 290 g/mol. The van der Waals surface area contributed by atoms with Gasteiger partial charge in [0.05, 0.1) is 24.6 Å². The van der Waals surface area contributed by atoms with Gasteiger partial charge in [0.25, 0.3) is 0 Å². The van der Waals surface area contributed by atoms with Gasteiger partial charge in [-0.15, -0.1) is 0 Å². The normalized spacial score (nSPS) is 11.1. The van der Waals surface area contributed by atoms with E-state index in [1.807, 2.05) is 48.1 Å². The van der Waals surface area contributed by atoms with Gasteiger partial charge in [-0.2, -0.15) is 0 Å². The van der Waals surface area contributed by atoms with E-state index in [0.717, 1.165) is 28.6 Å². The zero-order valence-corrected chi connectivity index (χ0v) is 12.1. The molecular formula is C16H14N6. The largest absolute Gasteiger partial charge is 0.324 e. The molecule has 0 saturated carbocycles. The summed E-state index contributed by atoms with van der Waals surface area (Å²) in [4.78, 5) is 17.5. The molecule has 0 radical (unpaired) electrons. The summed E-state index contributed by atoms with van der Waals surface area (Å²) < 4.78 is 4.10. The van der Waals surface area contributed by atoms with E-state index in [-0.39, 0.29) is 0 Å². The molecule has 0 spiro atoms. The van der Waals surface area contributed by atoms with Crippen molar-refractivity contribution in [3.05, 3.63) is 66.8 Å². The minimum absolute atomic E-state index is 0.677. The Kier molecular flexibility index (Phi) is 2.93. The third kappa shape index (κ3) is 2.14. The highest BCUT2D eigenvalue weighted by Crippen LogP contribution is 2.17. The molecule has 0 amide bonds. The Balaban J connectivity index is 1.74. The van der Waals surface area contributed by atoms with Crippen LogP contribution in [0.5, 0.6) is 0 Å². The number of hydrogen-bond donors (Lipinski definition) is 0. The summed E-state index contributed by atoms with van der Waals surface area (Å²) in [6, 6.07) is 5.95. The second kappa shape index (κ2) is 5.07. The summed E-state index contributed by atoms with van der Waals surface area (Å²) in [5, 5.41) is 0. The molecule has 0 bridgehead atoms. The van der Waals surface area contributed by atoms with Gasteiger partial charge in [0, 0.05) is 30.5 Å². The first-order valence-electron chi connectivity index (χ1n) is 7.02. The van der Waals surface area contributed by atoms with Crippen molar-refractivity contribution in [1.82, 2.24) is 28.9 Å². The zero-order chi connectivity index (χ0) is 14.9. The maximum Gasteiger partial charge on any atom is 0.158 e. The quantitative estimate of drug-likeness (QED) is 0.581. The van der Waals surface area contributed by atoms with Gasteiger partial charge in [-0.25, -0.2) is 15.0 Å². The molecule has 0 atom stereocenters. The number of hydrogen-bond acceptors (Lipinski definition) is 4. The molecular weight excluding hydrogens is 276 g/mol. The zero-order valence-electron chi connectivity index (χ0n) is 12.1. The molecule has 6 nitrogen and oxygen atoms in total. The lowest BCUT2D eigenvalue weighted by atomic mass is 10.3. The number of fused-ring (bicyclic) bond motifs is 1. The molecule has 0 unspecified atom stereocenters. The van der Waals surface area contributed by atoms with Crippen molar-refractivity contribution in [3.63, 3.8) is 0 Å². The standard InChI is InChI=1S/C16H14N6/c1-12-3-2-4-14(20-12)16-18-6-7-21(16)11-13-9-19-15-10-17-5-8-22(13)15/h2-10H,11H2,1H3. The van der Waals surface area contributed by atoms with Crippen LogP contribution >= 0.6 is 0 Å². The van der Waals surface area contributed by atoms with Gasteiger partial charge >= 0.3 is 0 Å². The van der Waals surface area contributed by atoms with Crippen LogP contribution in [0, 0.1) is 6.92 Å². The Labute approximate surface area is 127 Å². The molecule has 0 aliphatic heterocycles. The summed E-state index contributed by atoms with van der Waals surface area (Å²) in [6.45, 7) is 2.66. The molecule has 0 aliphatic rings. The lowest BCUT2D eigenvalue weighted by Gasteiger charge is -2.07. The Morgan fingerprint density at radius 1 is 1.05 bits per heavy atom. The topological polar surface area (TPSA) is 60.9 Å². The van der Waals surface area contributed by atoms with Crippen LogP contribution in [0.1, 0.15) is 11.4 Å². The predicted molar refractivity (Wildman–Crippen MR) is 82.3 cm³/mol. The molecule has 4 aromatic rings. The molecule has 22 heavy (non-hydrogen) atoms. The van der Waals surface area contributed by atoms with Gasteiger partial charge in [0.15, 0.2) is 11.5 Å². The minimum atomic E-state index is 0.677. The first kappa shape index (κ1) is 12.7. The van der Waals surface area contributed by atoms with Crippen molar-refractivity contribution in [1.29, 1.82) is 0 Å².